The minimum absolute atomic E-state index is 0.235. The van der Waals surface area contributed by atoms with Crippen LogP contribution in [-0.4, -0.2) is 25.0 Å². The van der Waals surface area contributed by atoms with Crippen molar-refractivity contribution in [2.45, 2.75) is 26.4 Å². The third kappa shape index (κ3) is 3.05. The highest BCUT2D eigenvalue weighted by molar-refractivity contribution is 6.12. The zero-order valence-corrected chi connectivity index (χ0v) is 12.4. The summed E-state index contributed by atoms with van der Waals surface area (Å²) in [6, 6.07) is 11.2. The Morgan fingerprint density at radius 3 is 2.48 bits per heavy atom. The van der Waals surface area contributed by atoms with Crippen LogP contribution >= 0.6 is 0 Å². The van der Waals surface area contributed by atoms with Crippen molar-refractivity contribution in [3.8, 4) is 5.75 Å². The number of hydrogen-bond donors (Lipinski definition) is 0. The first-order valence-electron chi connectivity index (χ1n) is 6.85. The van der Waals surface area contributed by atoms with E-state index in [0.29, 0.717) is 17.7 Å². The molecule has 0 bridgehead atoms. The van der Waals surface area contributed by atoms with Gasteiger partial charge in [-0.05, 0) is 23.3 Å². The topological polar surface area (TPSA) is 52.6 Å². The van der Waals surface area contributed by atoms with Crippen LogP contribution in [0, 0.1) is 0 Å². The minimum atomic E-state index is -0.790. The molecular formula is C17H18O4. The Morgan fingerprint density at radius 2 is 1.86 bits per heavy atom. The summed E-state index contributed by atoms with van der Waals surface area (Å²) in [7, 11) is 1.52. The van der Waals surface area contributed by atoms with Gasteiger partial charge in [-0.15, -0.1) is 0 Å². The molecule has 21 heavy (non-hydrogen) atoms. The second-order valence-corrected chi connectivity index (χ2v) is 4.73. The maximum absolute atomic E-state index is 12.7. The van der Waals surface area contributed by atoms with Crippen LogP contribution in [0.1, 0.15) is 30.6 Å². The molecule has 0 aliphatic heterocycles. The largest absolute Gasteiger partial charge is 0.496 e. The third-order valence-electron chi connectivity index (χ3n) is 3.33. The molecule has 0 spiro atoms. The van der Waals surface area contributed by atoms with E-state index in [1.807, 2.05) is 37.3 Å². The number of benzene rings is 2. The summed E-state index contributed by atoms with van der Waals surface area (Å²) in [6.45, 7) is 3.11. The lowest BCUT2D eigenvalue weighted by Gasteiger charge is -2.17. The Labute approximate surface area is 123 Å². The zero-order valence-electron chi connectivity index (χ0n) is 12.4. The van der Waals surface area contributed by atoms with Crippen LogP contribution < -0.4 is 4.74 Å². The lowest BCUT2D eigenvalue weighted by Crippen LogP contribution is -2.26. The second kappa shape index (κ2) is 6.39. The van der Waals surface area contributed by atoms with Crippen LogP contribution in [0.15, 0.2) is 36.4 Å². The highest BCUT2D eigenvalue weighted by Crippen LogP contribution is 2.30. The molecule has 0 heterocycles. The highest BCUT2D eigenvalue weighted by Gasteiger charge is 2.26. The summed E-state index contributed by atoms with van der Waals surface area (Å²) in [5, 5.41) is 1.74. The number of methoxy groups -OCH3 is 1. The van der Waals surface area contributed by atoms with Gasteiger partial charge in [-0.25, -0.2) is 0 Å². The van der Waals surface area contributed by atoms with E-state index in [1.54, 1.807) is 6.07 Å². The van der Waals surface area contributed by atoms with Crippen molar-refractivity contribution in [2.24, 2.45) is 0 Å². The van der Waals surface area contributed by atoms with Crippen molar-refractivity contribution < 1.29 is 19.1 Å². The first-order valence-corrected chi connectivity index (χ1v) is 6.85. The van der Waals surface area contributed by atoms with Crippen LogP contribution in [0.3, 0.4) is 0 Å². The van der Waals surface area contributed by atoms with Gasteiger partial charge in [0.25, 0.3) is 0 Å². The molecule has 0 saturated carbocycles. The number of fused-ring (bicyclic) bond motifs is 1. The predicted molar refractivity (Wildman–Crippen MR) is 80.7 cm³/mol. The molecule has 0 amide bonds. The van der Waals surface area contributed by atoms with Gasteiger partial charge in [0.05, 0.1) is 12.7 Å². The van der Waals surface area contributed by atoms with Crippen molar-refractivity contribution in [1.29, 1.82) is 0 Å². The average molecular weight is 286 g/mol. The zero-order chi connectivity index (χ0) is 15.4. The average Bonchev–Trinajstić information content (AvgIpc) is 2.50. The van der Waals surface area contributed by atoms with Crippen LogP contribution in [0.2, 0.25) is 0 Å². The maximum atomic E-state index is 12.7. The van der Waals surface area contributed by atoms with Gasteiger partial charge in [0.2, 0.25) is 5.78 Å². The summed E-state index contributed by atoms with van der Waals surface area (Å²) in [6.07, 6.45) is -0.368. The molecule has 2 aromatic carbocycles. The summed E-state index contributed by atoms with van der Waals surface area (Å²) in [4.78, 5) is 23.9. The Balaban J connectivity index is 2.57. The fraction of sp³-hybridized carbons (Fsp3) is 0.294. The van der Waals surface area contributed by atoms with Gasteiger partial charge in [0, 0.05) is 6.92 Å². The maximum Gasteiger partial charge on any atom is 0.303 e. The standard InChI is InChI=1S/C17H18O4/c1-4-14(21-11(2)18)17(19)16-13-8-6-5-7-12(13)9-10-15(16)20-3/h5-10,14H,4H2,1-3H3. The molecule has 1 unspecified atom stereocenters. The summed E-state index contributed by atoms with van der Waals surface area (Å²) >= 11 is 0. The summed E-state index contributed by atoms with van der Waals surface area (Å²) in [5.74, 6) is -0.208. The van der Waals surface area contributed by atoms with E-state index in [-0.39, 0.29) is 5.78 Å². The van der Waals surface area contributed by atoms with Crippen LogP contribution in [0.25, 0.3) is 10.8 Å². The molecule has 0 aliphatic rings. The van der Waals surface area contributed by atoms with E-state index in [0.717, 1.165) is 10.8 Å². The minimum Gasteiger partial charge on any atom is -0.496 e. The number of rotatable bonds is 5. The predicted octanol–water partition coefficient (Wildman–Crippen LogP) is 3.37. The van der Waals surface area contributed by atoms with E-state index in [9.17, 15) is 9.59 Å². The van der Waals surface area contributed by atoms with E-state index in [2.05, 4.69) is 0 Å². The van der Waals surface area contributed by atoms with Crippen molar-refractivity contribution >= 4 is 22.5 Å². The van der Waals surface area contributed by atoms with Crippen LogP contribution in [-0.2, 0) is 9.53 Å². The van der Waals surface area contributed by atoms with Crippen LogP contribution in [0.5, 0.6) is 5.75 Å². The molecule has 0 aliphatic carbocycles. The molecule has 110 valence electrons. The Hall–Kier alpha value is -2.36. The van der Waals surface area contributed by atoms with Gasteiger partial charge in [-0.2, -0.15) is 0 Å². The Morgan fingerprint density at radius 1 is 1.14 bits per heavy atom. The normalized spacial score (nSPS) is 12.0. The molecule has 0 N–H and O–H groups in total. The van der Waals surface area contributed by atoms with Crippen molar-refractivity contribution in [3.05, 3.63) is 42.0 Å². The van der Waals surface area contributed by atoms with Gasteiger partial charge < -0.3 is 9.47 Å². The first-order chi connectivity index (χ1) is 10.1. The molecule has 1 atom stereocenters. The Bertz CT molecular complexity index is 676. The molecule has 0 aromatic heterocycles. The molecule has 2 aromatic rings. The first kappa shape index (κ1) is 15.0. The smallest absolute Gasteiger partial charge is 0.303 e. The monoisotopic (exact) mass is 286 g/mol. The van der Waals surface area contributed by atoms with Crippen molar-refractivity contribution in [3.63, 3.8) is 0 Å². The SMILES string of the molecule is CCC(OC(C)=O)C(=O)c1c(OC)ccc2ccccc12. The van der Waals surface area contributed by atoms with E-state index < -0.39 is 12.1 Å². The fourth-order valence-corrected chi connectivity index (χ4v) is 2.36. The number of Topliss-reactive ketones (excluding diaryl/α,β-unsaturated/α-hetero) is 1. The number of carbonyl (C=O) groups excluding carboxylic acids is 2. The van der Waals surface area contributed by atoms with Gasteiger partial charge in [0.15, 0.2) is 6.10 Å². The number of esters is 1. The molecular weight excluding hydrogens is 268 g/mol. The molecule has 0 radical (unpaired) electrons. The van der Waals surface area contributed by atoms with E-state index >= 15 is 0 Å². The van der Waals surface area contributed by atoms with E-state index in [4.69, 9.17) is 9.47 Å². The summed E-state index contributed by atoms with van der Waals surface area (Å²) < 4.78 is 10.4. The Kier molecular flexibility index (Phi) is 4.58. The van der Waals surface area contributed by atoms with Gasteiger partial charge in [-0.3, -0.25) is 9.59 Å². The third-order valence-corrected chi connectivity index (χ3v) is 3.33. The molecule has 0 fully saturated rings. The fourth-order valence-electron chi connectivity index (χ4n) is 2.36. The molecule has 4 heteroatoms. The number of hydrogen-bond acceptors (Lipinski definition) is 4. The molecule has 4 nitrogen and oxygen atoms in total. The molecule has 0 saturated heterocycles. The second-order valence-electron chi connectivity index (χ2n) is 4.73. The van der Waals surface area contributed by atoms with Crippen molar-refractivity contribution in [1.82, 2.24) is 0 Å². The van der Waals surface area contributed by atoms with Crippen LogP contribution in [0.4, 0.5) is 0 Å². The number of carbonyl (C=O) groups is 2. The molecule has 2 rings (SSSR count). The lowest BCUT2D eigenvalue weighted by atomic mass is 9.96. The quantitative estimate of drug-likeness (QED) is 0.624. The lowest BCUT2D eigenvalue weighted by molar-refractivity contribution is -0.144. The summed E-state index contributed by atoms with van der Waals surface area (Å²) in [5.41, 5.74) is 0.462. The van der Waals surface area contributed by atoms with Gasteiger partial charge in [-0.1, -0.05) is 37.3 Å². The van der Waals surface area contributed by atoms with Gasteiger partial charge in [0.1, 0.15) is 5.75 Å². The number of ketones is 1. The van der Waals surface area contributed by atoms with Gasteiger partial charge >= 0.3 is 5.97 Å². The van der Waals surface area contributed by atoms with E-state index in [1.165, 1.54) is 14.0 Å². The highest BCUT2D eigenvalue weighted by atomic mass is 16.5. The van der Waals surface area contributed by atoms with Crippen molar-refractivity contribution in [2.75, 3.05) is 7.11 Å². The number of ether oxygens (including phenoxy) is 2.